The van der Waals surface area contributed by atoms with E-state index in [1.54, 1.807) is 24.8 Å². The van der Waals surface area contributed by atoms with Gasteiger partial charge in [0.15, 0.2) is 0 Å². The maximum absolute atomic E-state index is 11.0. The maximum atomic E-state index is 11.0. The van der Waals surface area contributed by atoms with Gasteiger partial charge in [0.25, 0.3) is 0 Å². The minimum atomic E-state index is -1.05. The van der Waals surface area contributed by atoms with E-state index in [1.165, 1.54) is 0 Å². The van der Waals surface area contributed by atoms with Crippen LogP contribution in [0.1, 0.15) is 13.8 Å². The summed E-state index contributed by atoms with van der Waals surface area (Å²) in [6.07, 6.45) is -0.579. The molecule has 0 radical (unpaired) electrons. The van der Waals surface area contributed by atoms with E-state index in [1.807, 2.05) is 0 Å². The van der Waals surface area contributed by atoms with Gasteiger partial charge in [0.05, 0.1) is 13.2 Å². The van der Waals surface area contributed by atoms with Crippen LogP contribution in [0.2, 0.25) is 0 Å². The molecule has 0 rings (SSSR count). The Morgan fingerprint density at radius 3 is 1.45 bits per heavy atom. The van der Waals surface area contributed by atoms with Gasteiger partial charge in [-0.15, -0.1) is 11.0 Å². The lowest BCUT2D eigenvalue weighted by atomic mass is 10.5. The standard InChI is InChI=1S/C10H14N2O8/c1-3-17-9(15)11-19-7(13)5-6-8(14)20-12-10(16)18-4-2/h5-6H,3-4H2,1-2H3,(H,11,15)(H,12,16)/b6-5+. The molecule has 0 aromatic rings. The number of rotatable bonds is 4. The minimum absolute atomic E-state index is 0.102. The second-order valence-corrected chi connectivity index (χ2v) is 2.82. The molecule has 2 amide bonds. The van der Waals surface area contributed by atoms with Gasteiger partial charge in [-0.05, 0) is 13.8 Å². The van der Waals surface area contributed by atoms with Crippen LogP contribution in [0.4, 0.5) is 9.59 Å². The molecule has 10 heteroatoms. The Hall–Kier alpha value is -2.78. The van der Waals surface area contributed by atoms with Crippen molar-refractivity contribution in [1.29, 1.82) is 0 Å². The molecule has 0 saturated carbocycles. The Morgan fingerprint density at radius 1 is 0.800 bits per heavy atom. The highest BCUT2D eigenvalue weighted by atomic mass is 16.7. The fraction of sp³-hybridized carbons (Fsp3) is 0.400. The van der Waals surface area contributed by atoms with Gasteiger partial charge in [-0.25, -0.2) is 19.2 Å². The van der Waals surface area contributed by atoms with Crippen molar-refractivity contribution in [1.82, 2.24) is 11.0 Å². The number of nitrogens with one attached hydrogen (secondary N) is 2. The molecule has 0 aliphatic heterocycles. The largest absolute Gasteiger partial charge is 0.448 e. The normalized spacial score (nSPS) is 9.50. The van der Waals surface area contributed by atoms with Crippen LogP contribution in [0.5, 0.6) is 0 Å². The predicted octanol–water partition coefficient (Wildman–Crippen LogP) is -0.0488. The summed E-state index contributed by atoms with van der Waals surface area (Å²) in [7, 11) is 0. The van der Waals surface area contributed by atoms with Gasteiger partial charge in [-0.2, -0.15) is 0 Å². The van der Waals surface area contributed by atoms with E-state index < -0.39 is 24.1 Å². The number of ether oxygens (including phenoxy) is 2. The van der Waals surface area contributed by atoms with E-state index in [2.05, 4.69) is 19.1 Å². The third kappa shape index (κ3) is 9.27. The smallest absolute Gasteiger partial charge is 0.440 e. The zero-order valence-corrected chi connectivity index (χ0v) is 10.8. The number of carbonyl (C=O) groups is 4. The first kappa shape index (κ1) is 17.2. The third-order valence-electron chi connectivity index (χ3n) is 1.38. The van der Waals surface area contributed by atoms with Crippen molar-refractivity contribution >= 4 is 24.1 Å². The Balaban J connectivity index is 3.91. The first-order valence-electron chi connectivity index (χ1n) is 5.44. The van der Waals surface area contributed by atoms with Crippen LogP contribution in [0, 0.1) is 0 Å². The molecule has 0 aromatic heterocycles. The average molecular weight is 290 g/mol. The first-order valence-corrected chi connectivity index (χ1v) is 5.44. The molecule has 0 aliphatic rings. The molecular weight excluding hydrogens is 276 g/mol. The summed E-state index contributed by atoms with van der Waals surface area (Å²) in [5.74, 6) is -2.10. The highest BCUT2D eigenvalue weighted by Crippen LogP contribution is 1.85. The number of hydrogen-bond donors (Lipinski definition) is 2. The summed E-state index contributed by atoms with van der Waals surface area (Å²) < 4.78 is 8.80. The Morgan fingerprint density at radius 2 is 1.15 bits per heavy atom. The van der Waals surface area contributed by atoms with Crippen molar-refractivity contribution in [3.8, 4) is 0 Å². The fourth-order valence-corrected chi connectivity index (χ4v) is 0.709. The summed E-state index contributed by atoms with van der Waals surface area (Å²) >= 11 is 0. The molecule has 0 unspecified atom stereocenters. The van der Waals surface area contributed by atoms with Crippen molar-refractivity contribution in [2.24, 2.45) is 0 Å². The number of hydroxylamine groups is 2. The lowest BCUT2D eigenvalue weighted by Crippen LogP contribution is -2.28. The van der Waals surface area contributed by atoms with Gasteiger partial charge < -0.3 is 19.1 Å². The molecule has 0 spiro atoms. The monoisotopic (exact) mass is 290 g/mol. The van der Waals surface area contributed by atoms with Crippen LogP contribution in [0.3, 0.4) is 0 Å². The van der Waals surface area contributed by atoms with E-state index >= 15 is 0 Å². The molecule has 112 valence electrons. The van der Waals surface area contributed by atoms with Gasteiger partial charge in [-0.1, -0.05) is 0 Å². The SMILES string of the molecule is CCOC(=O)NOC(=O)/C=C/C(=O)ONC(=O)OCC. The first-order chi connectivity index (χ1) is 9.49. The van der Waals surface area contributed by atoms with Gasteiger partial charge in [0.1, 0.15) is 0 Å². The number of amides is 2. The van der Waals surface area contributed by atoms with Crippen LogP contribution in [-0.4, -0.2) is 37.3 Å². The van der Waals surface area contributed by atoms with Crippen molar-refractivity contribution in [2.75, 3.05) is 13.2 Å². The van der Waals surface area contributed by atoms with Crippen LogP contribution < -0.4 is 11.0 Å². The van der Waals surface area contributed by atoms with Gasteiger partial charge in [0, 0.05) is 12.2 Å². The Labute approximate surface area is 113 Å². The van der Waals surface area contributed by atoms with Gasteiger partial charge >= 0.3 is 24.1 Å². The van der Waals surface area contributed by atoms with Crippen molar-refractivity contribution in [3.05, 3.63) is 12.2 Å². The lowest BCUT2D eigenvalue weighted by molar-refractivity contribution is -0.146. The van der Waals surface area contributed by atoms with Gasteiger partial charge in [-0.3, -0.25) is 0 Å². The molecule has 0 bridgehead atoms. The molecule has 0 saturated heterocycles. The quantitative estimate of drug-likeness (QED) is 0.419. The van der Waals surface area contributed by atoms with Crippen molar-refractivity contribution in [2.45, 2.75) is 13.8 Å². The van der Waals surface area contributed by atoms with E-state index in [-0.39, 0.29) is 13.2 Å². The van der Waals surface area contributed by atoms with E-state index in [4.69, 9.17) is 0 Å². The zero-order valence-electron chi connectivity index (χ0n) is 10.8. The van der Waals surface area contributed by atoms with Crippen LogP contribution in [0.15, 0.2) is 12.2 Å². The maximum Gasteiger partial charge on any atom is 0.440 e. The molecule has 0 heterocycles. The van der Waals surface area contributed by atoms with Crippen molar-refractivity contribution in [3.63, 3.8) is 0 Å². The number of hydrogen-bond acceptors (Lipinski definition) is 8. The van der Waals surface area contributed by atoms with E-state index in [0.717, 1.165) is 0 Å². The summed E-state index contributed by atoms with van der Waals surface area (Å²) in [6, 6.07) is 0. The highest BCUT2D eigenvalue weighted by Gasteiger charge is 2.06. The molecule has 0 fully saturated rings. The van der Waals surface area contributed by atoms with Crippen LogP contribution in [-0.2, 0) is 28.7 Å². The molecule has 0 atom stereocenters. The molecule has 10 nitrogen and oxygen atoms in total. The summed E-state index contributed by atoms with van der Waals surface area (Å²) in [5.41, 5.74) is 3.34. The molecule has 2 N–H and O–H groups in total. The highest BCUT2D eigenvalue weighted by molar-refractivity contribution is 5.92. The molecule has 0 aromatic carbocycles. The minimum Gasteiger partial charge on any atom is -0.448 e. The van der Waals surface area contributed by atoms with Crippen LogP contribution in [0.25, 0.3) is 0 Å². The van der Waals surface area contributed by atoms with E-state index in [9.17, 15) is 19.2 Å². The Kier molecular flexibility index (Phi) is 8.76. The van der Waals surface area contributed by atoms with Crippen molar-refractivity contribution < 1.29 is 38.3 Å². The van der Waals surface area contributed by atoms with E-state index in [0.29, 0.717) is 12.2 Å². The van der Waals surface area contributed by atoms with Crippen LogP contribution >= 0.6 is 0 Å². The third-order valence-corrected chi connectivity index (χ3v) is 1.38. The summed E-state index contributed by atoms with van der Waals surface area (Å²) in [5, 5.41) is 0. The average Bonchev–Trinajstić information content (AvgIpc) is 2.41. The topological polar surface area (TPSA) is 129 Å². The second-order valence-electron chi connectivity index (χ2n) is 2.82. The zero-order chi connectivity index (χ0) is 15.4. The number of carbonyl (C=O) groups excluding carboxylic acids is 4. The predicted molar refractivity (Wildman–Crippen MR) is 61.6 cm³/mol. The molecular formula is C10H14N2O8. The van der Waals surface area contributed by atoms with Gasteiger partial charge in [0.2, 0.25) is 0 Å². The molecule has 20 heavy (non-hydrogen) atoms. The second kappa shape index (κ2) is 10.2. The summed E-state index contributed by atoms with van der Waals surface area (Å²) in [6.45, 7) is 3.33. The summed E-state index contributed by atoms with van der Waals surface area (Å²) in [4.78, 5) is 51.9. The molecule has 0 aliphatic carbocycles. The lowest BCUT2D eigenvalue weighted by Gasteiger charge is -2.03. The Bertz CT molecular complexity index is 357. The fourth-order valence-electron chi connectivity index (χ4n) is 0.709.